The fourth-order valence-corrected chi connectivity index (χ4v) is 4.04. The molecule has 2 aliphatic heterocycles. The van der Waals surface area contributed by atoms with Crippen molar-refractivity contribution in [2.45, 2.75) is 19.3 Å². The zero-order valence-electron chi connectivity index (χ0n) is 14.7. The Hall–Kier alpha value is -1.79. The maximum Gasteiger partial charge on any atom is 0.228 e. The van der Waals surface area contributed by atoms with Crippen LogP contribution in [0.4, 0.5) is 0 Å². The van der Waals surface area contributed by atoms with E-state index >= 15 is 0 Å². The molecule has 2 aromatic rings. The Kier molecular flexibility index (Phi) is 5.55. The Morgan fingerprint density at radius 3 is 2.41 bits per heavy atom. The molecule has 0 saturated carbocycles. The van der Waals surface area contributed by atoms with Gasteiger partial charge in [-0.25, -0.2) is 9.83 Å². The molecule has 141 valence electrons. The van der Waals surface area contributed by atoms with Crippen LogP contribution in [0.25, 0.3) is 0 Å². The molecule has 1 saturated heterocycles. The summed E-state index contributed by atoms with van der Waals surface area (Å²) in [5.41, 5.74) is 2.08. The topological polar surface area (TPSA) is 48.3 Å². The van der Waals surface area contributed by atoms with Crippen LogP contribution in [0.15, 0.2) is 47.5 Å². The maximum atomic E-state index is 9.77. The van der Waals surface area contributed by atoms with Crippen LogP contribution in [0.1, 0.15) is 24.0 Å². The van der Waals surface area contributed by atoms with E-state index in [-0.39, 0.29) is 15.8 Å². The van der Waals surface area contributed by atoms with Crippen molar-refractivity contribution < 1.29 is 9.94 Å². The molecule has 1 N–H and O–H groups in total. The van der Waals surface area contributed by atoms with E-state index < -0.39 is 0 Å². The molecule has 7 heteroatoms. The molecule has 2 heterocycles. The highest BCUT2D eigenvalue weighted by molar-refractivity contribution is 6.37. The van der Waals surface area contributed by atoms with Crippen LogP contribution in [0.2, 0.25) is 10.0 Å². The standard InChI is InChI=1S/C20H20Cl2N3O2/c21-17-11-16(12-18(22)19(17)26)20-23-13-27-25(20)24-8-6-15(7-9-24)10-14-4-2-1-3-5-14/h1-5,11-13,15,26H,6-10H2. The predicted molar refractivity (Wildman–Crippen MR) is 106 cm³/mol. The van der Waals surface area contributed by atoms with Crippen molar-refractivity contribution in [1.82, 2.24) is 10.2 Å². The van der Waals surface area contributed by atoms with E-state index in [1.807, 2.05) is 0 Å². The number of aliphatic imine (C=N–C) groups is 1. The number of hydrogen-bond donors (Lipinski definition) is 1. The SMILES string of the molecule is Oc1c(Cl)cc(C2=N[CH]ON2N2CCC(Cc3ccccc3)CC2)cc1Cl. The molecule has 1 radical (unpaired) electrons. The van der Waals surface area contributed by atoms with Gasteiger partial charge in [-0.05, 0) is 42.9 Å². The van der Waals surface area contributed by atoms with Crippen molar-refractivity contribution in [1.29, 1.82) is 0 Å². The highest BCUT2D eigenvalue weighted by Crippen LogP contribution is 2.34. The van der Waals surface area contributed by atoms with E-state index in [2.05, 4.69) is 40.3 Å². The summed E-state index contributed by atoms with van der Waals surface area (Å²) in [6, 6.07) is 13.9. The lowest BCUT2D eigenvalue weighted by atomic mass is 9.91. The molecule has 5 nitrogen and oxygen atoms in total. The molecule has 0 spiro atoms. The van der Waals surface area contributed by atoms with Gasteiger partial charge in [-0.1, -0.05) is 53.5 Å². The van der Waals surface area contributed by atoms with Crippen LogP contribution >= 0.6 is 23.2 Å². The average molecular weight is 405 g/mol. The summed E-state index contributed by atoms with van der Waals surface area (Å²) in [4.78, 5) is 9.92. The highest BCUT2D eigenvalue weighted by Gasteiger charge is 2.31. The summed E-state index contributed by atoms with van der Waals surface area (Å²) in [6.07, 6.45) is 3.27. The fourth-order valence-electron chi connectivity index (χ4n) is 3.55. The van der Waals surface area contributed by atoms with Crippen molar-refractivity contribution in [3.63, 3.8) is 0 Å². The van der Waals surface area contributed by atoms with Gasteiger partial charge in [0.25, 0.3) is 0 Å². The first-order chi connectivity index (χ1) is 13.1. The number of aromatic hydroxyl groups is 1. The minimum atomic E-state index is -0.126. The molecule has 2 aromatic carbocycles. The number of phenols is 1. The summed E-state index contributed by atoms with van der Waals surface area (Å²) in [5.74, 6) is 1.15. The minimum absolute atomic E-state index is 0.126. The van der Waals surface area contributed by atoms with E-state index in [1.165, 1.54) is 12.3 Å². The van der Waals surface area contributed by atoms with Gasteiger partial charge in [0.1, 0.15) is 0 Å². The van der Waals surface area contributed by atoms with Gasteiger partial charge in [0.05, 0.1) is 10.0 Å². The number of amidine groups is 1. The van der Waals surface area contributed by atoms with Crippen molar-refractivity contribution >= 4 is 29.0 Å². The zero-order valence-corrected chi connectivity index (χ0v) is 16.2. The summed E-state index contributed by atoms with van der Waals surface area (Å²) < 4.78 is 0. The van der Waals surface area contributed by atoms with Gasteiger partial charge in [-0.2, -0.15) is 10.2 Å². The number of benzene rings is 2. The number of hydroxylamine groups is 1. The first kappa shape index (κ1) is 18.6. The molecule has 2 aliphatic rings. The molecule has 0 atom stereocenters. The smallest absolute Gasteiger partial charge is 0.228 e. The lowest BCUT2D eigenvalue weighted by molar-refractivity contribution is -0.202. The Morgan fingerprint density at radius 1 is 1.07 bits per heavy atom. The molecule has 4 rings (SSSR count). The van der Waals surface area contributed by atoms with E-state index in [4.69, 9.17) is 28.0 Å². The molecule has 0 aromatic heterocycles. The fraction of sp³-hybridized carbons (Fsp3) is 0.300. The summed E-state index contributed by atoms with van der Waals surface area (Å²) in [7, 11) is 0. The summed E-state index contributed by atoms with van der Waals surface area (Å²) in [6.45, 7) is 3.16. The van der Waals surface area contributed by atoms with Crippen molar-refractivity contribution in [2.75, 3.05) is 13.1 Å². The van der Waals surface area contributed by atoms with Gasteiger partial charge < -0.3 is 5.11 Å². The first-order valence-corrected chi connectivity index (χ1v) is 9.71. The third-order valence-corrected chi connectivity index (χ3v) is 5.57. The normalized spacial score (nSPS) is 18.7. The second-order valence-corrected chi connectivity index (χ2v) is 7.63. The second kappa shape index (κ2) is 8.07. The van der Waals surface area contributed by atoms with Crippen LogP contribution in [0, 0.1) is 12.6 Å². The van der Waals surface area contributed by atoms with Crippen LogP contribution < -0.4 is 0 Å². The van der Waals surface area contributed by atoms with Crippen molar-refractivity contribution in [3.8, 4) is 5.75 Å². The largest absolute Gasteiger partial charge is 0.505 e. The molecule has 0 aliphatic carbocycles. The zero-order chi connectivity index (χ0) is 18.8. The molecular weight excluding hydrogens is 385 g/mol. The highest BCUT2D eigenvalue weighted by atomic mass is 35.5. The van der Waals surface area contributed by atoms with E-state index in [0.717, 1.165) is 32.4 Å². The molecule has 1 fully saturated rings. The Bertz CT molecular complexity index is 813. The van der Waals surface area contributed by atoms with Crippen molar-refractivity contribution in [3.05, 3.63) is 70.4 Å². The third-order valence-electron chi connectivity index (χ3n) is 4.99. The van der Waals surface area contributed by atoms with Gasteiger partial charge in [-0.15, -0.1) is 0 Å². The summed E-state index contributed by atoms with van der Waals surface area (Å²) in [5, 5.41) is 14.0. The predicted octanol–water partition coefficient (Wildman–Crippen LogP) is 4.68. The third kappa shape index (κ3) is 4.06. The van der Waals surface area contributed by atoms with Gasteiger partial charge in [-0.3, -0.25) is 0 Å². The van der Waals surface area contributed by atoms with E-state index in [1.54, 1.807) is 17.3 Å². The Balaban J connectivity index is 1.42. The lowest BCUT2D eigenvalue weighted by Gasteiger charge is -2.37. The first-order valence-electron chi connectivity index (χ1n) is 8.95. The number of piperidine rings is 1. The van der Waals surface area contributed by atoms with Gasteiger partial charge >= 0.3 is 0 Å². The number of halogens is 2. The molecule has 0 amide bonds. The minimum Gasteiger partial charge on any atom is -0.505 e. The molecule has 0 bridgehead atoms. The molecule has 27 heavy (non-hydrogen) atoms. The van der Waals surface area contributed by atoms with Crippen LogP contribution in [-0.4, -0.2) is 34.2 Å². The number of hydrazine groups is 1. The van der Waals surface area contributed by atoms with Crippen LogP contribution in [0.3, 0.4) is 0 Å². The van der Waals surface area contributed by atoms with Crippen LogP contribution in [0.5, 0.6) is 5.75 Å². The number of rotatable bonds is 4. The van der Waals surface area contributed by atoms with Gasteiger partial charge in [0.15, 0.2) is 11.6 Å². The number of phenolic OH excluding ortho intramolecular Hbond substituents is 1. The maximum absolute atomic E-state index is 9.77. The Labute approximate surface area is 168 Å². The van der Waals surface area contributed by atoms with E-state index in [0.29, 0.717) is 17.3 Å². The quantitative estimate of drug-likeness (QED) is 0.803. The summed E-state index contributed by atoms with van der Waals surface area (Å²) >= 11 is 12.1. The molecule has 0 unspecified atom stereocenters. The number of hydrogen-bond acceptors (Lipinski definition) is 5. The van der Waals surface area contributed by atoms with Crippen molar-refractivity contribution in [2.24, 2.45) is 10.9 Å². The average Bonchev–Trinajstić information content (AvgIpc) is 3.17. The van der Waals surface area contributed by atoms with Crippen LogP contribution in [-0.2, 0) is 11.3 Å². The lowest BCUT2D eigenvalue weighted by Crippen LogP contribution is -2.48. The van der Waals surface area contributed by atoms with Gasteiger partial charge in [0, 0.05) is 18.7 Å². The number of nitrogens with zero attached hydrogens (tertiary/aromatic N) is 3. The molecular formula is C20H20Cl2N3O2. The van der Waals surface area contributed by atoms with Gasteiger partial charge in [0.2, 0.25) is 6.73 Å². The second-order valence-electron chi connectivity index (χ2n) is 6.81. The monoisotopic (exact) mass is 404 g/mol. The Morgan fingerprint density at radius 2 is 1.74 bits per heavy atom. The van der Waals surface area contributed by atoms with E-state index in [9.17, 15) is 5.11 Å².